The molecule has 2 nitrogen and oxygen atoms in total. The van der Waals surface area contributed by atoms with Crippen LogP contribution in [0.15, 0.2) is 111 Å². The molecule has 0 saturated carbocycles. The molecule has 3 rings (SSSR count). The fourth-order valence-corrected chi connectivity index (χ4v) is 4.80. The summed E-state index contributed by atoms with van der Waals surface area (Å²) in [7, 11) is -3.63. The maximum absolute atomic E-state index is 13.0. The largest absolute Gasteiger partial charge is 0.218 e. The maximum atomic E-state index is 13.0. The average molecular weight is 377 g/mol. The number of hydrogen-bond acceptors (Lipinski definition) is 3. The van der Waals surface area contributed by atoms with E-state index in [1.165, 1.54) is 17.8 Å². The van der Waals surface area contributed by atoms with Crippen LogP contribution < -0.4 is 0 Å². The summed E-state index contributed by atoms with van der Waals surface area (Å²) in [5.41, 5.74) is 0.838. The summed E-state index contributed by atoms with van der Waals surface area (Å²) < 4.78 is 26.3. The first-order chi connectivity index (χ1) is 12.7. The molecular formula is C22H16O2S2. The molecule has 0 aromatic heterocycles. The van der Waals surface area contributed by atoms with E-state index in [2.05, 4.69) is 11.8 Å². The standard InChI is InChI=1S/C22H16O2S2/c23-26(24,21-16-8-3-9-17-21)22(25-20-14-6-2-7-15-20)18-10-13-19-11-4-1-5-12-19/h1-9,11-12,14-18H/b22-18+. The zero-order valence-electron chi connectivity index (χ0n) is 13.9. The lowest BCUT2D eigenvalue weighted by Gasteiger charge is -2.08. The van der Waals surface area contributed by atoms with Gasteiger partial charge in [0.15, 0.2) is 0 Å². The van der Waals surface area contributed by atoms with Gasteiger partial charge in [0, 0.05) is 16.5 Å². The Labute approximate surface area is 158 Å². The Kier molecular flexibility index (Phi) is 5.96. The number of allylic oxidation sites excluding steroid dienone is 1. The van der Waals surface area contributed by atoms with Crippen molar-refractivity contribution in [3.05, 3.63) is 107 Å². The van der Waals surface area contributed by atoms with Gasteiger partial charge < -0.3 is 0 Å². The van der Waals surface area contributed by atoms with Gasteiger partial charge in [-0.2, -0.15) is 0 Å². The molecule has 26 heavy (non-hydrogen) atoms. The Morgan fingerprint density at radius 1 is 0.769 bits per heavy atom. The molecule has 0 radical (unpaired) electrons. The Hall–Kier alpha value is -2.74. The molecule has 0 heterocycles. The van der Waals surface area contributed by atoms with E-state index in [9.17, 15) is 8.42 Å². The van der Waals surface area contributed by atoms with Gasteiger partial charge in [-0.1, -0.05) is 78.2 Å². The van der Waals surface area contributed by atoms with Gasteiger partial charge in [0.2, 0.25) is 9.84 Å². The molecule has 0 aliphatic carbocycles. The van der Waals surface area contributed by atoms with Crippen LogP contribution in [0.4, 0.5) is 0 Å². The lowest BCUT2D eigenvalue weighted by atomic mass is 10.2. The summed E-state index contributed by atoms with van der Waals surface area (Å²) in [4.78, 5) is 1.11. The van der Waals surface area contributed by atoms with Gasteiger partial charge in [-0.15, -0.1) is 0 Å². The molecular weight excluding hydrogens is 360 g/mol. The van der Waals surface area contributed by atoms with Crippen LogP contribution in [0.5, 0.6) is 0 Å². The van der Waals surface area contributed by atoms with Crippen LogP contribution in [0.3, 0.4) is 0 Å². The molecule has 0 spiro atoms. The topological polar surface area (TPSA) is 34.1 Å². The second-order valence-electron chi connectivity index (χ2n) is 5.33. The molecule has 0 aliphatic heterocycles. The average Bonchev–Trinajstić information content (AvgIpc) is 2.69. The molecule has 3 aromatic rings. The molecule has 0 N–H and O–H groups in total. The van der Waals surface area contributed by atoms with E-state index in [4.69, 9.17) is 0 Å². The van der Waals surface area contributed by atoms with Crippen molar-refractivity contribution in [1.82, 2.24) is 0 Å². The van der Waals surface area contributed by atoms with Gasteiger partial charge in [0.05, 0.1) is 4.90 Å². The lowest BCUT2D eigenvalue weighted by molar-refractivity contribution is 0.604. The highest BCUT2D eigenvalue weighted by Gasteiger charge is 2.21. The number of rotatable bonds is 4. The van der Waals surface area contributed by atoms with Crippen LogP contribution in [0, 0.1) is 11.8 Å². The van der Waals surface area contributed by atoms with Gasteiger partial charge in [-0.3, -0.25) is 0 Å². The van der Waals surface area contributed by atoms with E-state index in [1.807, 2.05) is 60.7 Å². The first kappa shape index (κ1) is 18.1. The quantitative estimate of drug-likeness (QED) is 0.467. The molecule has 3 aromatic carbocycles. The molecule has 0 aliphatic rings. The third-order valence-electron chi connectivity index (χ3n) is 3.46. The van der Waals surface area contributed by atoms with Crippen molar-refractivity contribution in [3.8, 4) is 11.8 Å². The number of hydrogen-bond donors (Lipinski definition) is 0. The molecule has 0 atom stereocenters. The van der Waals surface area contributed by atoms with E-state index in [1.54, 1.807) is 30.3 Å². The van der Waals surface area contributed by atoms with Gasteiger partial charge in [-0.25, -0.2) is 8.42 Å². The molecule has 128 valence electrons. The molecule has 0 saturated heterocycles. The third kappa shape index (κ3) is 4.66. The van der Waals surface area contributed by atoms with Crippen molar-refractivity contribution in [2.45, 2.75) is 9.79 Å². The molecule has 4 heteroatoms. The summed E-state index contributed by atoms with van der Waals surface area (Å²) in [6, 6.07) is 27.3. The highest BCUT2D eigenvalue weighted by atomic mass is 32.3. The zero-order valence-corrected chi connectivity index (χ0v) is 15.5. The lowest BCUT2D eigenvalue weighted by Crippen LogP contribution is -2.02. The Balaban J connectivity index is 1.99. The second kappa shape index (κ2) is 8.57. The van der Waals surface area contributed by atoms with Gasteiger partial charge >= 0.3 is 0 Å². The number of benzene rings is 3. The highest BCUT2D eigenvalue weighted by Crippen LogP contribution is 2.34. The summed E-state index contributed by atoms with van der Waals surface area (Å²) in [5.74, 6) is 5.87. The zero-order chi connectivity index (χ0) is 18.2. The maximum Gasteiger partial charge on any atom is 0.213 e. The SMILES string of the molecule is O=S(=O)(/C(=C/C#Cc1ccccc1)Sc1ccccc1)c1ccccc1. The fraction of sp³-hybridized carbons (Fsp3) is 0. The summed E-state index contributed by atoms with van der Waals surface area (Å²) >= 11 is 1.20. The normalized spacial score (nSPS) is 11.5. The summed E-state index contributed by atoms with van der Waals surface area (Å²) in [6.07, 6.45) is 1.48. The van der Waals surface area contributed by atoms with Crippen molar-refractivity contribution in [2.75, 3.05) is 0 Å². The van der Waals surface area contributed by atoms with Crippen LogP contribution in [-0.4, -0.2) is 8.42 Å². The van der Waals surface area contributed by atoms with Crippen molar-refractivity contribution in [1.29, 1.82) is 0 Å². The molecule has 0 fully saturated rings. The summed E-state index contributed by atoms with van der Waals surface area (Å²) in [5, 5.41) is 0. The fourth-order valence-electron chi connectivity index (χ4n) is 2.18. The minimum absolute atomic E-state index is 0.207. The Bertz CT molecular complexity index is 1040. The smallest absolute Gasteiger partial charge is 0.213 e. The van der Waals surface area contributed by atoms with Crippen molar-refractivity contribution < 1.29 is 8.42 Å². The van der Waals surface area contributed by atoms with E-state index in [0.717, 1.165) is 10.5 Å². The highest BCUT2D eigenvalue weighted by molar-refractivity contribution is 8.18. The second-order valence-corrected chi connectivity index (χ2v) is 8.62. The van der Waals surface area contributed by atoms with Crippen LogP contribution in [0.2, 0.25) is 0 Å². The van der Waals surface area contributed by atoms with Crippen LogP contribution in [0.25, 0.3) is 0 Å². The number of thioether (sulfide) groups is 1. The van der Waals surface area contributed by atoms with Gasteiger partial charge in [0.25, 0.3) is 0 Å². The Morgan fingerprint density at radius 3 is 1.92 bits per heavy atom. The first-order valence-electron chi connectivity index (χ1n) is 7.96. The van der Waals surface area contributed by atoms with Crippen molar-refractivity contribution in [2.24, 2.45) is 0 Å². The first-order valence-corrected chi connectivity index (χ1v) is 10.3. The minimum Gasteiger partial charge on any atom is -0.218 e. The third-order valence-corrected chi connectivity index (χ3v) is 6.74. The molecule has 0 bridgehead atoms. The van der Waals surface area contributed by atoms with Crippen molar-refractivity contribution in [3.63, 3.8) is 0 Å². The predicted molar refractivity (Wildman–Crippen MR) is 107 cm³/mol. The van der Waals surface area contributed by atoms with E-state index < -0.39 is 9.84 Å². The van der Waals surface area contributed by atoms with Gasteiger partial charge in [-0.05, 0) is 36.4 Å². The summed E-state index contributed by atoms with van der Waals surface area (Å²) in [6.45, 7) is 0. The molecule has 0 amide bonds. The van der Waals surface area contributed by atoms with E-state index in [-0.39, 0.29) is 9.13 Å². The predicted octanol–water partition coefficient (Wildman–Crippen LogP) is 5.15. The van der Waals surface area contributed by atoms with Crippen LogP contribution in [-0.2, 0) is 9.84 Å². The molecule has 0 unspecified atom stereocenters. The Morgan fingerprint density at radius 2 is 1.31 bits per heavy atom. The van der Waals surface area contributed by atoms with E-state index >= 15 is 0 Å². The van der Waals surface area contributed by atoms with E-state index in [0.29, 0.717) is 0 Å². The van der Waals surface area contributed by atoms with Crippen LogP contribution in [0.1, 0.15) is 5.56 Å². The van der Waals surface area contributed by atoms with Crippen LogP contribution >= 0.6 is 11.8 Å². The minimum atomic E-state index is -3.63. The monoisotopic (exact) mass is 376 g/mol. The van der Waals surface area contributed by atoms with Gasteiger partial charge in [0.1, 0.15) is 4.24 Å². The van der Waals surface area contributed by atoms with Crippen molar-refractivity contribution >= 4 is 21.6 Å². The number of sulfone groups is 1.